The molecule has 0 aliphatic carbocycles. The minimum Gasteiger partial charge on any atom is -0.320 e. The lowest BCUT2D eigenvalue weighted by Crippen LogP contribution is -2.07. The van der Waals surface area contributed by atoms with E-state index < -0.39 is 0 Å². The first-order valence-corrected chi connectivity index (χ1v) is 4.06. The maximum absolute atomic E-state index is 12.4. The smallest absolute Gasteiger partial charge is 0.123 e. The molecule has 0 saturated carbocycles. The molecule has 0 atom stereocenters. The van der Waals surface area contributed by atoms with Gasteiger partial charge in [-0.2, -0.15) is 0 Å². The molecule has 1 nitrogen and oxygen atoms in total. The van der Waals surface area contributed by atoms with Gasteiger partial charge in [-0.15, -0.1) is 0 Å². The molecule has 2 heteroatoms. The molecule has 1 aromatic carbocycles. The fourth-order valence-corrected chi connectivity index (χ4v) is 0.982. The van der Waals surface area contributed by atoms with Crippen molar-refractivity contribution < 1.29 is 4.39 Å². The summed E-state index contributed by atoms with van der Waals surface area (Å²) in [6.07, 6.45) is 3.05. The van der Waals surface area contributed by atoms with Gasteiger partial charge in [0, 0.05) is 0 Å². The largest absolute Gasteiger partial charge is 0.320 e. The van der Waals surface area contributed by atoms with E-state index in [1.54, 1.807) is 12.1 Å². The molecule has 0 unspecified atom stereocenters. The number of hydrogen-bond donors (Lipinski definition) is 1. The average molecular weight is 166 g/mol. The van der Waals surface area contributed by atoms with Gasteiger partial charge >= 0.3 is 0 Å². The summed E-state index contributed by atoms with van der Waals surface area (Å²) in [6.45, 7) is 0.956. The minimum absolute atomic E-state index is 0.180. The van der Waals surface area contributed by atoms with Crippen LogP contribution in [0.15, 0.2) is 24.3 Å². The zero-order valence-corrected chi connectivity index (χ0v) is 7.18. The number of benzene rings is 1. The highest BCUT2D eigenvalue weighted by atomic mass is 19.1. The lowest BCUT2D eigenvalue weighted by Gasteiger charge is -1.99. The molecule has 1 N–H and O–H groups in total. The monoisotopic (exact) mass is 166 g/mol. The van der Waals surface area contributed by atoms with Crippen molar-refractivity contribution in [3.63, 3.8) is 0 Å². The Hall–Kier alpha value is -0.890. The predicted molar refractivity (Wildman–Crippen MR) is 48.3 cm³/mol. The van der Waals surface area contributed by atoms with Crippen LogP contribution in [0.5, 0.6) is 0 Å². The van der Waals surface area contributed by atoms with Crippen LogP contribution in [0.25, 0.3) is 0 Å². The second-order valence-corrected chi connectivity index (χ2v) is 2.65. The molecule has 0 aliphatic heterocycles. The highest BCUT2D eigenvalue weighted by molar-refractivity contribution is 5.22. The lowest BCUT2D eigenvalue weighted by molar-refractivity contribution is 0.627. The van der Waals surface area contributed by atoms with Crippen LogP contribution in [0.4, 0.5) is 4.39 Å². The van der Waals surface area contributed by atoms with Gasteiger partial charge in [-0.05, 0) is 44.1 Å². The fraction of sp³-hybridized carbons (Fsp3) is 0.300. The first-order valence-electron chi connectivity index (χ1n) is 4.06. The van der Waals surface area contributed by atoms with Crippen LogP contribution in [0.3, 0.4) is 0 Å². The van der Waals surface area contributed by atoms with Gasteiger partial charge in [-0.1, -0.05) is 12.1 Å². The van der Waals surface area contributed by atoms with Gasteiger partial charge < -0.3 is 5.32 Å². The molecule has 0 fully saturated rings. The zero-order valence-electron chi connectivity index (χ0n) is 7.18. The molecule has 65 valence electrons. The molecule has 0 saturated heterocycles. The third kappa shape index (κ3) is 3.01. The molecule has 1 radical (unpaired) electrons. The third-order valence-corrected chi connectivity index (χ3v) is 1.64. The van der Waals surface area contributed by atoms with E-state index in [4.69, 9.17) is 0 Å². The Morgan fingerprint density at radius 2 is 2.00 bits per heavy atom. The number of rotatable bonds is 4. The van der Waals surface area contributed by atoms with Crippen LogP contribution in [0.2, 0.25) is 0 Å². The molecular formula is C10H13FN. The minimum atomic E-state index is -0.180. The highest BCUT2D eigenvalue weighted by Gasteiger charge is 1.93. The van der Waals surface area contributed by atoms with Crippen LogP contribution in [0, 0.1) is 12.2 Å². The quantitative estimate of drug-likeness (QED) is 0.674. The molecule has 12 heavy (non-hydrogen) atoms. The van der Waals surface area contributed by atoms with Crippen molar-refractivity contribution in [1.29, 1.82) is 0 Å². The molecule has 0 heterocycles. The van der Waals surface area contributed by atoms with E-state index in [1.165, 1.54) is 12.1 Å². The van der Waals surface area contributed by atoms with Crippen molar-refractivity contribution in [2.45, 2.75) is 6.42 Å². The molecule has 0 amide bonds. The standard InChI is InChI=1S/C10H13FN/c1-12-8-2-3-9-4-6-10(11)7-5-9/h3-7,12H,2,8H2,1H3. The molecule has 1 aromatic rings. The predicted octanol–water partition coefficient (Wildman–Crippen LogP) is 1.99. The van der Waals surface area contributed by atoms with Gasteiger partial charge in [0.1, 0.15) is 5.82 Å². The maximum Gasteiger partial charge on any atom is 0.123 e. The maximum atomic E-state index is 12.4. The Labute approximate surface area is 72.6 Å². The van der Waals surface area contributed by atoms with Gasteiger partial charge in [0.15, 0.2) is 0 Å². The Bertz CT molecular complexity index is 218. The van der Waals surface area contributed by atoms with E-state index in [2.05, 4.69) is 11.7 Å². The van der Waals surface area contributed by atoms with Crippen molar-refractivity contribution in [2.24, 2.45) is 0 Å². The zero-order chi connectivity index (χ0) is 8.81. The van der Waals surface area contributed by atoms with E-state index in [0.29, 0.717) is 0 Å². The summed E-state index contributed by atoms with van der Waals surface area (Å²) in [5.41, 5.74) is 1.08. The summed E-state index contributed by atoms with van der Waals surface area (Å²) in [5.74, 6) is -0.180. The van der Waals surface area contributed by atoms with Crippen molar-refractivity contribution in [1.82, 2.24) is 5.32 Å². The molecule has 0 bridgehead atoms. The number of halogens is 1. The van der Waals surface area contributed by atoms with Gasteiger partial charge in [-0.25, -0.2) is 4.39 Å². The van der Waals surface area contributed by atoms with Crippen molar-refractivity contribution in [3.05, 3.63) is 42.1 Å². The summed E-state index contributed by atoms with van der Waals surface area (Å²) < 4.78 is 12.4. The van der Waals surface area contributed by atoms with E-state index in [1.807, 2.05) is 7.05 Å². The Morgan fingerprint density at radius 3 is 2.58 bits per heavy atom. The summed E-state index contributed by atoms with van der Waals surface area (Å²) in [7, 11) is 1.92. The van der Waals surface area contributed by atoms with E-state index in [-0.39, 0.29) is 5.82 Å². The Kier molecular flexibility index (Phi) is 3.74. The van der Waals surface area contributed by atoms with Crippen LogP contribution in [-0.2, 0) is 0 Å². The van der Waals surface area contributed by atoms with E-state index in [0.717, 1.165) is 18.5 Å². The molecular weight excluding hydrogens is 153 g/mol. The first kappa shape index (κ1) is 9.20. The Morgan fingerprint density at radius 1 is 1.33 bits per heavy atom. The van der Waals surface area contributed by atoms with Gasteiger partial charge in [0.2, 0.25) is 0 Å². The van der Waals surface area contributed by atoms with Crippen LogP contribution in [0.1, 0.15) is 12.0 Å². The van der Waals surface area contributed by atoms with Gasteiger partial charge in [0.05, 0.1) is 0 Å². The fourth-order valence-electron chi connectivity index (χ4n) is 0.982. The van der Waals surface area contributed by atoms with Crippen molar-refractivity contribution >= 4 is 0 Å². The van der Waals surface area contributed by atoms with E-state index in [9.17, 15) is 4.39 Å². The summed E-state index contributed by atoms with van der Waals surface area (Å²) in [5, 5.41) is 3.04. The first-order chi connectivity index (χ1) is 5.83. The summed E-state index contributed by atoms with van der Waals surface area (Å²) in [6, 6.07) is 6.52. The average Bonchev–Trinajstić information content (AvgIpc) is 2.09. The molecule has 1 rings (SSSR count). The van der Waals surface area contributed by atoms with Gasteiger partial charge in [0.25, 0.3) is 0 Å². The van der Waals surface area contributed by atoms with Crippen molar-refractivity contribution in [3.8, 4) is 0 Å². The third-order valence-electron chi connectivity index (χ3n) is 1.64. The molecule has 0 aromatic heterocycles. The van der Waals surface area contributed by atoms with E-state index >= 15 is 0 Å². The number of hydrogen-bond acceptors (Lipinski definition) is 1. The highest BCUT2D eigenvalue weighted by Crippen LogP contribution is 2.06. The second kappa shape index (κ2) is 4.88. The van der Waals surface area contributed by atoms with Gasteiger partial charge in [-0.3, -0.25) is 0 Å². The van der Waals surface area contributed by atoms with Crippen LogP contribution in [-0.4, -0.2) is 13.6 Å². The summed E-state index contributed by atoms with van der Waals surface area (Å²) >= 11 is 0. The molecule has 0 aliphatic rings. The number of nitrogens with one attached hydrogen (secondary N) is 1. The summed E-state index contributed by atoms with van der Waals surface area (Å²) in [4.78, 5) is 0. The SMILES string of the molecule is CNCC[CH]c1ccc(F)cc1. The second-order valence-electron chi connectivity index (χ2n) is 2.65. The Balaban J connectivity index is 2.37. The van der Waals surface area contributed by atoms with Crippen molar-refractivity contribution in [2.75, 3.05) is 13.6 Å². The topological polar surface area (TPSA) is 12.0 Å². The normalized spacial score (nSPS) is 10.2. The van der Waals surface area contributed by atoms with Crippen LogP contribution >= 0.6 is 0 Å². The lowest BCUT2D eigenvalue weighted by atomic mass is 10.1. The van der Waals surface area contributed by atoms with Crippen LogP contribution < -0.4 is 5.32 Å². The molecule has 0 spiro atoms.